The van der Waals surface area contributed by atoms with Gasteiger partial charge in [0, 0.05) is 6.42 Å². The average molecular weight is 297 g/mol. The van der Waals surface area contributed by atoms with Gasteiger partial charge in [-0.3, -0.25) is 4.79 Å². The van der Waals surface area contributed by atoms with E-state index < -0.39 is 11.5 Å². The molecule has 1 aliphatic carbocycles. The number of rotatable bonds is 5. The van der Waals surface area contributed by atoms with Crippen LogP contribution in [0.5, 0.6) is 0 Å². The summed E-state index contributed by atoms with van der Waals surface area (Å²) >= 11 is 0. The molecule has 1 saturated carbocycles. The number of carboxylic acid groups (broad SMARTS) is 1. The summed E-state index contributed by atoms with van der Waals surface area (Å²) in [6, 6.07) is 0. The van der Waals surface area contributed by atoms with Crippen molar-refractivity contribution in [1.29, 1.82) is 0 Å². The minimum absolute atomic E-state index is 0.151. The summed E-state index contributed by atoms with van der Waals surface area (Å²) < 4.78 is 5.69. The van der Waals surface area contributed by atoms with E-state index in [1.165, 1.54) is 0 Å². The van der Waals surface area contributed by atoms with Crippen molar-refractivity contribution in [3.05, 3.63) is 0 Å². The minimum atomic E-state index is -1.05. The van der Waals surface area contributed by atoms with Crippen LogP contribution in [0, 0.1) is 5.92 Å². The second-order valence-electron chi connectivity index (χ2n) is 6.80. The fraction of sp³-hybridized carbons (Fsp3) is 0.875. The number of nitrogens with one attached hydrogen (secondary N) is 1. The molecule has 0 aromatic heterocycles. The molecule has 1 amide bonds. The van der Waals surface area contributed by atoms with E-state index in [2.05, 4.69) is 12.2 Å². The highest BCUT2D eigenvalue weighted by molar-refractivity contribution is 5.87. The molecule has 0 radical (unpaired) electrons. The fourth-order valence-electron chi connectivity index (χ4n) is 3.37. The molecule has 5 heteroatoms. The van der Waals surface area contributed by atoms with E-state index in [0.717, 1.165) is 25.7 Å². The van der Waals surface area contributed by atoms with Gasteiger partial charge in [-0.05, 0) is 57.8 Å². The Hall–Kier alpha value is -1.10. The SMILES string of the molecule is CC1CCC(NC(=O)CCC2CCC(C)O2)(C(=O)O)CC1. The second-order valence-corrected chi connectivity index (χ2v) is 6.80. The molecule has 0 aromatic rings. The largest absolute Gasteiger partial charge is 0.480 e. The quantitative estimate of drug-likeness (QED) is 0.817. The van der Waals surface area contributed by atoms with Crippen LogP contribution in [-0.2, 0) is 14.3 Å². The highest BCUT2D eigenvalue weighted by Gasteiger charge is 2.42. The Morgan fingerprint density at radius 1 is 1.19 bits per heavy atom. The van der Waals surface area contributed by atoms with Gasteiger partial charge in [-0.1, -0.05) is 6.92 Å². The van der Waals surface area contributed by atoms with Crippen molar-refractivity contribution in [3.8, 4) is 0 Å². The van der Waals surface area contributed by atoms with Crippen molar-refractivity contribution in [1.82, 2.24) is 5.32 Å². The zero-order chi connectivity index (χ0) is 15.5. The molecule has 1 saturated heterocycles. The lowest BCUT2D eigenvalue weighted by Crippen LogP contribution is -2.56. The van der Waals surface area contributed by atoms with Gasteiger partial charge in [0.1, 0.15) is 5.54 Å². The van der Waals surface area contributed by atoms with Crippen LogP contribution in [-0.4, -0.2) is 34.7 Å². The molecule has 2 aliphatic rings. The van der Waals surface area contributed by atoms with Gasteiger partial charge in [0.25, 0.3) is 0 Å². The summed E-state index contributed by atoms with van der Waals surface area (Å²) in [5.74, 6) is -0.508. The molecular weight excluding hydrogens is 270 g/mol. The Kier molecular flexibility index (Phi) is 5.25. The van der Waals surface area contributed by atoms with Gasteiger partial charge in [-0.15, -0.1) is 0 Å². The van der Waals surface area contributed by atoms with E-state index in [1.54, 1.807) is 0 Å². The van der Waals surface area contributed by atoms with E-state index in [1.807, 2.05) is 6.92 Å². The summed E-state index contributed by atoms with van der Waals surface area (Å²) in [6.45, 7) is 4.18. The molecule has 1 heterocycles. The maximum atomic E-state index is 12.1. The van der Waals surface area contributed by atoms with Crippen LogP contribution < -0.4 is 5.32 Å². The third kappa shape index (κ3) is 4.19. The monoisotopic (exact) mass is 297 g/mol. The average Bonchev–Trinajstić information content (AvgIpc) is 2.85. The van der Waals surface area contributed by atoms with Crippen molar-refractivity contribution in [2.45, 2.75) is 83.0 Å². The number of hydrogen-bond acceptors (Lipinski definition) is 3. The summed E-state index contributed by atoms with van der Waals surface area (Å²) in [6.07, 6.45) is 6.29. The third-order valence-electron chi connectivity index (χ3n) is 4.93. The lowest BCUT2D eigenvalue weighted by atomic mass is 9.77. The first-order valence-corrected chi connectivity index (χ1v) is 8.11. The number of hydrogen-bond donors (Lipinski definition) is 2. The number of carbonyl (C=O) groups excluding carboxylic acids is 1. The zero-order valence-electron chi connectivity index (χ0n) is 13.1. The highest BCUT2D eigenvalue weighted by Crippen LogP contribution is 2.32. The molecule has 5 nitrogen and oxygen atoms in total. The standard InChI is InChI=1S/C16H27NO4/c1-11-7-9-16(10-8-11,15(19)20)17-14(18)6-5-13-4-3-12(2)21-13/h11-13H,3-10H2,1-2H3,(H,17,18)(H,19,20). The van der Waals surface area contributed by atoms with Gasteiger partial charge >= 0.3 is 5.97 Å². The smallest absolute Gasteiger partial charge is 0.329 e. The van der Waals surface area contributed by atoms with Crippen molar-refractivity contribution in [2.24, 2.45) is 5.92 Å². The van der Waals surface area contributed by atoms with E-state index in [0.29, 0.717) is 31.6 Å². The van der Waals surface area contributed by atoms with Gasteiger partial charge in [0.15, 0.2) is 0 Å². The molecule has 2 N–H and O–H groups in total. The summed E-state index contributed by atoms with van der Waals surface area (Å²) in [5.41, 5.74) is -1.05. The first-order chi connectivity index (χ1) is 9.91. The first kappa shape index (κ1) is 16.3. The third-order valence-corrected chi connectivity index (χ3v) is 4.93. The van der Waals surface area contributed by atoms with Gasteiger partial charge in [0.05, 0.1) is 12.2 Å². The molecule has 2 atom stereocenters. The van der Waals surface area contributed by atoms with Crippen molar-refractivity contribution >= 4 is 11.9 Å². The Morgan fingerprint density at radius 3 is 2.38 bits per heavy atom. The van der Waals surface area contributed by atoms with E-state index in [9.17, 15) is 14.7 Å². The maximum Gasteiger partial charge on any atom is 0.329 e. The number of amides is 1. The number of carboxylic acids is 1. The normalized spacial score (nSPS) is 36.4. The highest BCUT2D eigenvalue weighted by atomic mass is 16.5. The molecule has 0 aromatic carbocycles. The van der Waals surface area contributed by atoms with E-state index in [4.69, 9.17) is 4.74 Å². The Balaban J connectivity index is 1.83. The van der Waals surface area contributed by atoms with Gasteiger partial charge < -0.3 is 15.2 Å². The lowest BCUT2D eigenvalue weighted by molar-refractivity contribution is -0.149. The van der Waals surface area contributed by atoms with Crippen molar-refractivity contribution in [3.63, 3.8) is 0 Å². The van der Waals surface area contributed by atoms with Crippen molar-refractivity contribution < 1.29 is 19.4 Å². The Labute approximate surface area is 126 Å². The van der Waals surface area contributed by atoms with Crippen LogP contribution in [0.2, 0.25) is 0 Å². The van der Waals surface area contributed by atoms with Gasteiger partial charge in [-0.25, -0.2) is 4.79 Å². The predicted molar refractivity (Wildman–Crippen MR) is 78.9 cm³/mol. The first-order valence-electron chi connectivity index (χ1n) is 8.11. The molecule has 2 rings (SSSR count). The van der Waals surface area contributed by atoms with Crippen LogP contribution in [0.15, 0.2) is 0 Å². The predicted octanol–water partition coefficient (Wildman–Crippen LogP) is 2.48. The molecule has 0 bridgehead atoms. The summed E-state index contributed by atoms with van der Waals surface area (Å²) in [7, 11) is 0. The number of ether oxygens (including phenoxy) is 1. The summed E-state index contributed by atoms with van der Waals surface area (Å²) in [4.78, 5) is 23.7. The maximum absolute atomic E-state index is 12.1. The van der Waals surface area contributed by atoms with E-state index in [-0.39, 0.29) is 18.1 Å². The Morgan fingerprint density at radius 2 is 1.86 bits per heavy atom. The zero-order valence-corrected chi connectivity index (χ0v) is 13.1. The van der Waals surface area contributed by atoms with Crippen LogP contribution in [0.25, 0.3) is 0 Å². The molecule has 2 unspecified atom stereocenters. The topological polar surface area (TPSA) is 75.6 Å². The van der Waals surface area contributed by atoms with Crippen LogP contribution in [0.4, 0.5) is 0 Å². The van der Waals surface area contributed by atoms with Gasteiger partial charge in [0.2, 0.25) is 5.91 Å². The van der Waals surface area contributed by atoms with Crippen molar-refractivity contribution in [2.75, 3.05) is 0 Å². The molecule has 21 heavy (non-hydrogen) atoms. The van der Waals surface area contributed by atoms with Crippen LogP contribution >= 0.6 is 0 Å². The number of carbonyl (C=O) groups is 2. The molecule has 0 spiro atoms. The van der Waals surface area contributed by atoms with Crippen LogP contribution in [0.1, 0.15) is 65.2 Å². The second kappa shape index (κ2) is 6.77. The molecule has 120 valence electrons. The number of aliphatic carboxylic acids is 1. The molecule has 1 aliphatic heterocycles. The van der Waals surface area contributed by atoms with Crippen LogP contribution in [0.3, 0.4) is 0 Å². The van der Waals surface area contributed by atoms with E-state index >= 15 is 0 Å². The summed E-state index contributed by atoms with van der Waals surface area (Å²) in [5, 5.41) is 12.3. The minimum Gasteiger partial charge on any atom is -0.480 e. The molecular formula is C16H27NO4. The lowest BCUT2D eigenvalue weighted by Gasteiger charge is -2.36. The van der Waals surface area contributed by atoms with Gasteiger partial charge in [-0.2, -0.15) is 0 Å². The molecule has 2 fully saturated rings. The Bertz CT molecular complexity index is 388. The fourth-order valence-corrected chi connectivity index (χ4v) is 3.37.